The van der Waals surface area contributed by atoms with Crippen LogP contribution >= 0.6 is 0 Å². The highest BCUT2D eigenvalue weighted by atomic mass is 16.8. The van der Waals surface area contributed by atoms with Crippen LogP contribution in [0.3, 0.4) is 0 Å². The third-order valence-electron chi connectivity index (χ3n) is 13.4. The van der Waals surface area contributed by atoms with Gasteiger partial charge in [0.1, 0.15) is 24.1 Å². The summed E-state index contributed by atoms with van der Waals surface area (Å²) in [7, 11) is 1.91. The molecule has 11 heteroatoms. The summed E-state index contributed by atoms with van der Waals surface area (Å²) >= 11 is 0. The number of carbonyl (C=O) groups excluding carboxylic acids is 1. The van der Waals surface area contributed by atoms with Gasteiger partial charge in [0.25, 0.3) is 0 Å². The van der Waals surface area contributed by atoms with Gasteiger partial charge in [0.2, 0.25) is 18.0 Å². The minimum absolute atomic E-state index is 0.0713. The fraction of sp³-hybridized carbons (Fsp3) is 0.733. The molecule has 2 N–H and O–H groups in total. The van der Waals surface area contributed by atoms with Crippen LogP contribution in [0, 0.1) is 23.7 Å². The normalized spacial score (nSPS) is 30.6. The van der Waals surface area contributed by atoms with Gasteiger partial charge in [-0.2, -0.15) is 0 Å². The minimum atomic E-state index is -1.23. The molecular formula is C45H67N3O8. The summed E-state index contributed by atoms with van der Waals surface area (Å²) in [5, 5.41) is 24.7. The van der Waals surface area contributed by atoms with Gasteiger partial charge >= 0.3 is 0 Å². The van der Waals surface area contributed by atoms with E-state index >= 15 is 0 Å². The first kappa shape index (κ1) is 41.2. The summed E-state index contributed by atoms with van der Waals surface area (Å²) in [5.41, 5.74) is 2.94. The summed E-state index contributed by atoms with van der Waals surface area (Å²) in [6.07, 6.45) is 18.3. The zero-order chi connectivity index (χ0) is 38.9. The molecule has 3 aliphatic heterocycles. The quantitative estimate of drug-likeness (QED) is 0.0590. The van der Waals surface area contributed by atoms with Crippen LogP contribution in [0.25, 0.3) is 0 Å². The Morgan fingerprint density at radius 1 is 1.05 bits per heavy atom. The van der Waals surface area contributed by atoms with Gasteiger partial charge in [-0.15, -0.1) is 6.58 Å². The van der Waals surface area contributed by atoms with Crippen LogP contribution in [0.5, 0.6) is 11.5 Å². The fourth-order valence-electron chi connectivity index (χ4n) is 10.3. The third-order valence-corrected chi connectivity index (χ3v) is 13.4. The summed E-state index contributed by atoms with van der Waals surface area (Å²) in [5.74, 6) is 0.961. The van der Waals surface area contributed by atoms with E-state index in [1.165, 1.54) is 25.7 Å². The second-order valence-electron chi connectivity index (χ2n) is 17.1. The number of allylic oxidation sites excluding steroid dienone is 1. The van der Waals surface area contributed by atoms with Gasteiger partial charge in [0.05, 0.1) is 24.8 Å². The molecule has 11 nitrogen and oxygen atoms in total. The third kappa shape index (κ3) is 9.49. The van der Waals surface area contributed by atoms with Gasteiger partial charge in [0.15, 0.2) is 0 Å². The highest BCUT2D eigenvalue weighted by Crippen LogP contribution is 2.62. The predicted octanol–water partition coefficient (Wildman–Crippen LogP) is 6.97. The van der Waals surface area contributed by atoms with Crippen molar-refractivity contribution < 1.29 is 38.8 Å². The largest absolute Gasteiger partial charge is 0.492 e. The van der Waals surface area contributed by atoms with E-state index < -0.39 is 18.1 Å². The molecule has 1 aromatic rings. The van der Waals surface area contributed by atoms with E-state index in [0.717, 1.165) is 112 Å². The molecule has 3 heterocycles. The summed E-state index contributed by atoms with van der Waals surface area (Å²) in [6, 6.07) is 5.71. The summed E-state index contributed by atoms with van der Waals surface area (Å²) in [4.78, 5) is 24.8. The fourth-order valence-corrected chi connectivity index (χ4v) is 10.3. The maximum absolute atomic E-state index is 14.4. The van der Waals surface area contributed by atoms with Gasteiger partial charge in [-0.1, -0.05) is 55.8 Å². The lowest BCUT2D eigenvalue weighted by atomic mass is 9.55. The molecule has 1 aromatic carbocycles. The molecule has 1 amide bonds. The Balaban J connectivity index is 1.34. The van der Waals surface area contributed by atoms with Gasteiger partial charge < -0.3 is 38.9 Å². The van der Waals surface area contributed by atoms with Crippen LogP contribution in [-0.4, -0.2) is 109 Å². The van der Waals surface area contributed by atoms with E-state index in [9.17, 15) is 15.0 Å². The number of likely N-dealkylation sites (N-methyl/N-ethyl adjacent to an activating group) is 1. The lowest BCUT2D eigenvalue weighted by Crippen LogP contribution is -2.69. The Kier molecular flexibility index (Phi) is 14.5. The number of fused-ring (bicyclic) bond motifs is 2. The van der Waals surface area contributed by atoms with Crippen molar-refractivity contribution in [3.63, 3.8) is 0 Å². The summed E-state index contributed by atoms with van der Waals surface area (Å²) in [6.45, 7) is 9.01. The standard InChI is InChI=1S/C45H67N3O8/c1-3-26-54-45-40(47(2)41(51)20-17-32-12-4-5-13-32)31-38(46-56-42-16-8-11-27-53-42)36-29-33(14-6-9-24-49)35(15-7-10-25-50)43(44(36)45)37-30-34(18-19-39(37)55-45)52-28-23-48-21-22-48/h3,18-19,29-30,32-33,35,40,42-44,49-50H,1,4-17,20-28,31H2,2H3. The second kappa shape index (κ2) is 19.7. The molecule has 4 fully saturated rings. The highest BCUT2D eigenvalue weighted by Gasteiger charge is 2.65. The number of ether oxygens (including phenoxy) is 4. The number of carbonyl (C=O) groups is 1. The van der Waals surface area contributed by atoms with E-state index in [-0.39, 0.29) is 49.4 Å². The van der Waals surface area contributed by atoms with Crippen molar-refractivity contribution in [2.24, 2.45) is 28.8 Å². The average molecular weight is 778 g/mol. The number of rotatable bonds is 21. The Hall–Kier alpha value is -2.96. The van der Waals surface area contributed by atoms with E-state index in [0.29, 0.717) is 32.0 Å². The van der Waals surface area contributed by atoms with E-state index in [4.69, 9.17) is 28.9 Å². The molecule has 0 radical (unpaired) electrons. The van der Waals surface area contributed by atoms with Crippen molar-refractivity contribution in [2.75, 3.05) is 59.7 Å². The number of benzene rings is 1. The zero-order valence-electron chi connectivity index (χ0n) is 33.8. The molecule has 0 spiro atoms. The molecule has 0 aromatic heterocycles. The maximum atomic E-state index is 14.4. The molecule has 6 aliphatic rings. The molecule has 7 unspecified atom stereocenters. The molecule has 2 saturated heterocycles. The van der Waals surface area contributed by atoms with Gasteiger partial charge in [-0.25, -0.2) is 0 Å². The minimum Gasteiger partial charge on any atom is -0.492 e. The lowest BCUT2D eigenvalue weighted by molar-refractivity contribution is -0.256. The monoisotopic (exact) mass is 777 g/mol. The van der Waals surface area contributed by atoms with Crippen molar-refractivity contribution in [1.82, 2.24) is 9.80 Å². The first-order valence-corrected chi connectivity index (χ1v) is 21.9. The molecular weight excluding hydrogens is 711 g/mol. The first-order valence-electron chi connectivity index (χ1n) is 21.9. The number of unbranched alkanes of at least 4 members (excludes halogenated alkanes) is 2. The predicted molar refractivity (Wildman–Crippen MR) is 216 cm³/mol. The number of hydrogen-bond acceptors (Lipinski definition) is 10. The van der Waals surface area contributed by atoms with Crippen molar-refractivity contribution in [3.8, 4) is 11.5 Å². The maximum Gasteiger partial charge on any atom is 0.239 e. The number of aliphatic hydroxyl groups is 2. The van der Waals surface area contributed by atoms with Gasteiger partial charge in [-0.05, 0) is 86.5 Å². The lowest BCUT2D eigenvalue weighted by Gasteiger charge is -2.59. The first-order chi connectivity index (χ1) is 27.5. The van der Waals surface area contributed by atoms with Crippen LogP contribution in [-0.2, 0) is 19.1 Å². The number of amides is 1. The number of oxime groups is 1. The van der Waals surface area contributed by atoms with Crippen LogP contribution < -0.4 is 9.47 Å². The molecule has 310 valence electrons. The van der Waals surface area contributed by atoms with E-state index in [1.54, 1.807) is 6.08 Å². The molecule has 7 rings (SSSR count). The number of hydrogen-bond donors (Lipinski definition) is 2. The smallest absolute Gasteiger partial charge is 0.239 e. The Morgan fingerprint density at radius 2 is 1.84 bits per heavy atom. The molecule has 56 heavy (non-hydrogen) atoms. The average Bonchev–Trinajstić information content (AvgIpc) is 3.90. The Bertz CT molecular complexity index is 1520. The second-order valence-corrected chi connectivity index (χ2v) is 17.1. The highest BCUT2D eigenvalue weighted by molar-refractivity contribution is 6.03. The summed E-state index contributed by atoms with van der Waals surface area (Å²) < 4.78 is 26.7. The van der Waals surface area contributed by atoms with E-state index in [1.807, 2.05) is 24.1 Å². The van der Waals surface area contributed by atoms with Crippen molar-refractivity contribution in [3.05, 3.63) is 48.1 Å². The van der Waals surface area contributed by atoms with Crippen molar-refractivity contribution in [2.45, 2.75) is 127 Å². The van der Waals surface area contributed by atoms with Crippen LogP contribution in [0.2, 0.25) is 0 Å². The number of aliphatic hydroxyl groups excluding tert-OH is 2. The van der Waals surface area contributed by atoms with Crippen molar-refractivity contribution in [1.29, 1.82) is 0 Å². The van der Waals surface area contributed by atoms with Crippen LogP contribution in [0.15, 0.2) is 47.7 Å². The molecule has 7 atom stereocenters. The Labute approximate surface area is 334 Å². The van der Waals surface area contributed by atoms with Crippen LogP contribution in [0.1, 0.15) is 114 Å². The van der Waals surface area contributed by atoms with Gasteiger partial charge in [-0.3, -0.25) is 9.69 Å². The van der Waals surface area contributed by atoms with Gasteiger partial charge in [0, 0.05) is 70.6 Å². The SMILES string of the molecule is C=CCOC12Oc3ccc(OCCN4CC4)cc3C3C(CCCCO)C(CCCCO)C=C(C(=NOC4CCCCO4)CC1N(C)C(=O)CCC1CCCC1)C32. The molecule has 3 aliphatic carbocycles. The van der Waals surface area contributed by atoms with E-state index in [2.05, 4.69) is 23.6 Å². The topological polar surface area (TPSA) is 122 Å². The molecule has 2 saturated carbocycles. The van der Waals surface area contributed by atoms with Crippen LogP contribution in [0.4, 0.5) is 0 Å². The zero-order valence-corrected chi connectivity index (χ0v) is 33.8. The van der Waals surface area contributed by atoms with Crippen molar-refractivity contribution >= 4 is 11.6 Å². The Morgan fingerprint density at radius 3 is 2.57 bits per heavy atom. The number of nitrogens with zero attached hydrogens (tertiary/aromatic N) is 3. The molecule has 0 bridgehead atoms.